The first-order valence-electron chi connectivity index (χ1n) is 5.60. The highest BCUT2D eigenvalue weighted by Gasteiger charge is 2.03. The SMILES string of the molecule is COc1ccc(N(N)Cc2ccc(Br)cc2)cc1.Cl. The molecule has 0 heterocycles. The average Bonchev–Trinajstić information content (AvgIpc) is 2.41. The molecule has 2 aromatic rings. The van der Waals surface area contributed by atoms with E-state index < -0.39 is 0 Å². The van der Waals surface area contributed by atoms with Gasteiger partial charge >= 0.3 is 0 Å². The molecule has 0 aliphatic heterocycles. The van der Waals surface area contributed by atoms with E-state index in [2.05, 4.69) is 15.9 Å². The number of nitrogens with zero attached hydrogens (tertiary/aromatic N) is 1. The van der Waals surface area contributed by atoms with Crippen LogP contribution in [0.2, 0.25) is 0 Å². The number of hydrogen-bond donors (Lipinski definition) is 1. The molecule has 19 heavy (non-hydrogen) atoms. The summed E-state index contributed by atoms with van der Waals surface area (Å²) in [5, 5.41) is 1.71. The quantitative estimate of drug-likeness (QED) is 0.678. The average molecular weight is 344 g/mol. The second-order valence-electron chi connectivity index (χ2n) is 3.95. The summed E-state index contributed by atoms with van der Waals surface area (Å²) >= 11 is 3.41. The summed E-state index contributed by atoms with van der Waals surface area (Å²) in [6.45, 7) is 0.666. The summed E-state index contributed by atoms with van der Waals surface area (Å²) in [4.78, 5) is 0. The Morgan fingerprint density at radius 1 is 1.05 bits per heavy atom. The van der Waals surface area contributed by atoms with Gasteiger partial charge in [-0.15, -0.1) is 12.4 Å². The van der Waals surface area contributed by atoms with Crippen LogP contribution in [0.15, 0.2) is 53.0 Å². The number of nitrogens with two attached hydrogens (primary N) is 1. The standard InChI is InChI=1S/C14H15BrN2O.ClH/c1-18-14-8-6-13(7-9-14)17(16)10-11-2-4-12(15)5-3-11;/h2-9H,10,16H2,1H3;1H. The van der Waals surface area contributed by atoms with Crippen LogP contribution >= 0.6 is 28.3 Å². The van der Waals surface area contributed by atoms with Crippen molar-refractivity contribution in [3.63, 3.8) is 0 Å². The molecule has 0 aliphatic rings. The highest BCUT2D eigenvalue weighted by molar-refractivity contribution is 9.10. The van der Waals surface area contributed by atoms with Crippen LogP contribution in [0.4, 0.5) is 5.69 Å². The number of hydrogen-bond acceptors (Lipinski definition) is 3. The maximum atomic E-state index is 6.04. The lowest BCUT2D eigenvalue weighted by molar-refractivity contribution is 0.415. The van der Waals surface area contributed by atoms with Gasteiger partial charge in [-0.05, 0) is 42.0 Å². The largest absolute Gasteiger partial charge is 0.497 e. The molecular weight excluding hydrogens is 328 g/mol. The Hall–Kier alpha value is -1.23. The Kier molecular flexibility index (Phi) is 6.15. The fourth-order valence-electron chi connectivity index (χ4n) is 1.65. The molecule has 0 aliphatic carbocycles. The molecule has 3 nitrogen and oxygen atoms in total. The van der Waals surface area contributed by atoms with E-state index in [1.807, 2.05) is 48.5 Å². The molecule has 2 rings (SSSR count). The molecule has 0 spiro atoms. The van der Waals surface area contributed by atoms with Gasteiger partial charge in [0.2, 0.25) is 0 Å². The summed E-state index contributed by atoms with van der Waals surface area (Å²) < 4.78 is 6.18. The zero-order chi connectivity index (χ0) is 13.0. The van der Waals surface area contributed by atoms with Crippen LogP contribution < -0.4 is 15.6 Å². The minimum atomic E-state index is 0. The molecule has 0 unspecified atom stereocenters. The van der Waals surface area contributed by atoms with Crippen LogP contribution in [-0.4, -0.2) is 7.11 Å². The van der Waals surface area contributed by atoms with Crippen LogP contribution in [0.3, 0.4) is 0 Å². The molecule has 0 radical (unpaired) electrons. The molecular formula is C14H16BrClN2O. The fraction of sp³-hybridized carbons (Fsp3) is 0.143. The minimum Gasteiger partial charge on any atom is -0.497 e. The molecule has 2 N–H and O–H groups in total. The van der Waals surface area contributed by atoms with Gasteiger partial charge in [0.1, 0.15) is 5.75 Å². The number of ether oxygens (including phenoxy) is 1. The summed E-state index contributed by atoms with van der Waals surface area (Å²) in [6, 6.07) is 15.8. The van der Waals surface area contributed by atoms with Gasteiger partial charge in [-0.3, -0.25) is 0 Å². The molecule has 5 heteroatoms. The van der Waals surface area contributed by atoms with Gasteiger partial charge in [-0.25, -0.2) is 5.84 Å². The number of rotatable bonds is 4. The van der Waals surface area contributed by atoms with Crippen molar-refractivity contribution in [2.45, 2.75) is 6.54 Å². The van der Waals surface area contributed by atoms with Gasteiger partial charge in [0, 0.05) is 4.47 Å². The zero-order valence-electron chi connectivity index (χ0n) is 10.5. The third-order valence-electron chi connectivity index (χ3n) is 2.67. The van der Waals surface area contributed by atoms with E-state index in [9.17, 15) is 0 Å². The maximum absolute atomic E-state index is 6.04. The molecule has 0 aromatic heterocycles. The third-order valence-corrected chi connectivity index (χ3v) is 3.20. The lowest BCUT2D eigenvalue weighted by Crippen LogP contribution is -2.29. The fourth-order valence-corrected chi connectivity index (χ4v) is 1.92. The monoisotopic (exact) mass is 342 g/mol. The molecule has 0 amide bonds. The molecule has 0 saturated carbocycles. The second-order valence-corrected chi connectivity index (χ2v) is 4.87. The normalized spacial score (nSPS) is 9.63. The van der Waals surface area contributed by atoms with Gasteiger partial charge in [0.05, 0.1) is 19.3 Å². The van der Waals surface area contributed by atoms with E-state index in [0.29, 0.717) is 6.54 Å². The van der Waals surface area contributed by atoms with Crippen molar-refractivity contribution in [3.8, 4) is 5.75 Å². The van der Waals surface area contributed by atoms with Crippen molar-refractivity contribution in [1.82, 2.24) is 0 Å². The summed E-state index contributed by atoms with van der Waals surface area (Å²) in [7, 11) is 1.65. The molecule has 102 valence electrons. The topological polar surface area (TPSA) is 38.5 Å². The lowest BCUT2D eigenvalue weighted by Gasteiger charge is -2.19. The summed E-state index contributed by atoms with van der Waals surface area (Å²) in [6.07, 6.45) is 0. The van der Waals surface area contributed by atoms with Crippen molar-refractivity contribution >= 4 is 34.0 Å². The van der Waals surface area contributed by atoms with E-state index in [4.69, 9.17) is 10.6 Å². The Balaban J connectivity index is 0.00000180. The first-order valence-corrected chi connectivity index (χ1v) is 6.39. The molecule has 0 fully saturated rings. The maximum Gasteiger partial charge on any atom is 0.119 e. The van der Waals surface area contributed by atoms with E-state index in [1.165, 1.54) is 0 Å². The smallest absolute Gasteiger partial charge is 0.119 e. The Morgan fingerprint density at radius 3 is 2.16 bits per heavy atom. The van der Waals surface area contributed by atoms with Crippen molar-refractivity contribution in [2.75, 3.05) is 12.1 Å². The molecule has 0 atom stereocenters. The van der Waals surface area contributed by atoms with Gasteiger partial charge in [0.15, 0.2) is 0 Å². The molecule has 2 aromatic carbocycles. The van der Waals surface area contributed by atoms with Gasteiger partial charge < -0.3 is 9.75 Å². The van der Waals surface area contributed by atoms with Gasteiger partial charge in [-0.1, -0.05) is 28.1 Å². The van der Waals surface area contributed by atoms with Crippen molar-refractivity contribution in [2.24, 2.45) is 5.84 Å². The molecule has 0 saturated heterocycles. The first-order chi connectivity index (χ1) is 8.69. The zero-order valence-corrected chi connectivity index (χ0v) is 12.9. The predicted molar refractivity (Wildman–Crippen MR) is 84.8 cm³/mol. The van der Waals surface area contributed by atoms with E-state index in [-0.39, 0.29) is 12.4 Å². The predicted octanol–water partition coefficient (Wildman–Crippen LogP) is 3.76. The lowest BCUT2D eigenvalue weighted by atomic mass is 10.2. The Bertz CT molecular complexity index is 502. The van der Waals surface area contributed by atoms with Crippen molar-refractivity contribution in [3.05, 3.63) is 58.6 Å². The second kappa shape index (κ2) is 7.38. The minimum absolute atomic E-state index is 0. The Labute approximate surface area is 127 Å². The van der Waals surface area contributed by atoms with Crippen molar-refractivity contribution < 1.29 is 4.74 Å². The summed E-state index contributed by atoms with van der Waals surface area (Å²) in [5.41, 5.74) is 2.12. The van der Waals surface area contributed by atoms with Crippen LogP contribution in [0.1, 0.15) is 5.56 Å². The van der Waals surface area contributed by atoms with Crippen LogP contribution in [-0.2, 0) is 6.54 Å². The van der Waals surface area contributed by atoms with E-state index in [1.54, 1.807) is 12.1 Å². The number of benzene rings is 2. The van der Waals surface area contributed by atoms with E-state index in [0.717, 1.165) is 21.5 Å². The van der Waals surface area contributed by atoms with E-state index >= 15 is 0 Å². The van der Waals surface area contributed by atoms with Crippen LogP contribution in [0, 0.1) is 0 Å². The van der Waals surface area contributed by atoms with Crippen molar-refractivity contribution in [1.29, 1.82) is 0 Å². The highest BCUT2D eigenvalue weighted by atomic mass is 79.9. The van der Waals surface area contributed by atoms with Gasteiger partial charge in [-0.2, -0.15) is 0 Å². The Morgan fingerprint density at radius 2 is 1.63 bits per heavy atom. The third kappa shape index (κ3) is 4.42. The van der Waals surface area contributed by atoms with Gasteiger partial charge in [0.25, 0.3) is 0 Å². The number of halogens is 2. The first kappa shape index (κ1) is 15.8. The highest BCUT2D eigenvalue weighted by Crippen LogP contribution is 2.19. The number of hydrazine groups is 1. The molecule has 0 bridgehead atoms. The van der Waals surface area contributed by atoms with Crippen LogP contribution in [0.5, 0.6) is 5.75 Å². The number of methoxy groups -OCH3 is 1. The van der Waals surface area contributed by atoms with Crippen LogP contribution in [0.25, 0.3) is 0 Å². The number of anilines is 1. The summed E-state index contributed by atoms with van der Waals surface area (Å²) in [5.74, 6) is 6.87.